The fraction of sp³-hybridized carbons (Fsp3) is 0.667. The molecule has 1 amide bonds. The minimum Gasteiger partial charge on any atom is -0.390 e. The van der Waals surface area contributed by atoms with Crippen LogP contribution in [0.1, 0.15) is 38.2 Å². The first-order valence-corrected chi connectivity index (χ1v) is 6.62. The zero-order chi connectivity index (χ0) is 13.5. The van der Waals surface area contributed by atoms with Gasteiger partial charge in [-0.15, -0.1) is 0 Å². The second-order valence-corrected chi connectivity index (χ2v) is 4.39. The summed E-state index contributed by atoms with van der Waals surface area (Å²) in [5.74, 6) is 0.886. The molecule has 6 heteroatoms. The van der Waals surface area contributed by atoms with Crippen molar-refractivity contribution < 1.29 is 9.90 Å². The first kappa shape index (κ1) is 15.0. The van der Waals surface area contributed by atoms with Crippen LogP contribution in [0.25, 0.3) is 0 Å². The minimum absolute atomic E-state index is 0.149. The van der Waals surface area contributed by atoms with E-state index in [1.54, 1.807) is 0 Å². The topological polar surface area (TPSA) is 69.2 Å². The van der Waals surface area contributed by atoms with Crippen molar-refractivity contribution >= 4 is 17.5 Å². The fourth-order valence-electron chi connectivity index (χ4n) is 1.80. The first-order chi connectivity index (χ1) is 8.62. The number of carbonyl (C=O) groups excluding carboxylic acids is 1. The van der Waals surface area contributed by atoms with Crippen molar-refractivity contribution in [3.63, 3.8) is 0 Å². The predicted molar refractivity (Wildman–Crippen MR) is 70.4 cm³/mol. The van der Waals surface area contributed by atoms with Gasteiger partial charge in [0.2, 0.25) is 5.91 Å². The van der Waals surface area contributed by atoms with Crippen LogP contribution in [0, 0.1) is 0 Å². The molecule has 5 nitrogen and oxygen atoms in total. The normalized spacial score (nSPS) is 10.7. The number of aromatic amines is 1. The minimum atomic E-state index is -0.149. The lowest BCUT2D eigenvalue weighted by atomic mass is 10.2. The summed E-state index contributed by atoms with van der Waals surface area (Å²) in [6, 6.07) is 0. The quantitative estimate of drug-likeness (QED) is 0.795. The number of nitrogens with one attached hydrogen (secondary N) is 1. The van der Waals surface area contributed by atoms with Crippen LogP contribution in [-0.2, 0) is 17.8 Å². The van der Waals surface area contributed by atoms with E-state index in [4.69, 9.17) is 16.7 Å². The molecule has 0 spiro atoms. The molecule has 1 aromatic rings. The van der Waals surface area contributed by atoms with Crippen molar-refractivity contribution in [3.05, 3.63) is 16.7 Å². The number of H-pyrrole nitrogens is 1. The van der Waals surface area contributed by atoms with E-state index in [0.717, 1.165) is 25.3 Å². The maximum atomic E-state index is 11.8. The monoisotopic (exact) mass is 273 g/mol. The van der Waals surface area contributed by atoms with Gasteiger partial charge in [0.15, 0.2) is 5.15 Å². The van der Waals surface area contributed by atoms with E-state index in [-0.39, 0.29) is 12.5 Å². The van der Waals surface area contributed by atoms with Gasteiger partial charge in [0.05, 0.1) is 12.3 Å². The summed E-state index contributed by atoms with van der Waals surface area (Å²) < 4.78 is 0. The van der Waals surface area contributed by atoms with Crippen LogP contribution in [0.5, 0.6) is 0 Å². The lowest BCUT2D eigenvalue weighted by Crippen LogP contribution is -2.30. The lowest BCUT2D eigenvalue weighted by molar-refractivity contribution is -0.130. The second-order valence-electron chi connectivity index (χ2n) is 4.03. The number of hydrogen-bond acceptors (Lipinski definition) is 3. The standard InChI is InChI=1S/C12H20ClN3O2/c1-3-16(4-2)11(18)7-5-6-10-14-9(8-17)12(13)15-10/h17H,3-8H2,1-2H3,(H,14,15). The Morgan fingerprint density at radius 3 is 2.61 bits per heavy atom. The van der Waals surface area contributed by atoms with Crippen LogP contribution in [0.3, 0.4) is 0 Å². The van der Waals surface area contributed by atoms with Crippen molar-refractivity contribution in [1.82, 2.24) is 14.9 Å². The number of aliphatic hydroxyl groups is 1. The molecule has 2 N–H and O–H groups in total. The third-order valence-corrected chi connectivity index (χ3v) is 3.17. The number of aromatic nitrogens is 2. The Balaban J connectivity index is 2.39. The van der Waals surface area contributed by atoms with Crippen molar-refractivity contribution in [3.8, 4) is 0 Å². The van der Waals surface area contributed by atoms with Crippen LogP contribution >= 0.6 is 11.6 Å². The second kappa shape index (κ2) is 7.38. The zero-order valence-corrected chi connectivity index (χ0v) is 11.6. The van der Waals surface area contributed by atoms with Gasteiger partial charge in [-0.1, -0.05) is 11.6 Å². The number of nitrogens with zero attached hydrogens (tertiary/aromatic N) is 2. The zero-order valence-electron chi connectivity index (χ0n) is 10.9. The fourth-order valence-corrected chi connectivity index (χ4v) is 2.01. The molecule has 0 aliphatic carbocycles. The van der Waals surface area contributed by atoms with Crippen LogP contribution in [0.4, 0.5) is 0 Å². The number of imidazole rings is 1. The maximum Gasteiger partial charge on any atom is 0.222 e. The molecule has 0 unspecified atom stereocenters. The molecule has 1 heterocycles. The molecule has 0 aliphatic rings. The predicted octanol–water partition coefficient (Wildman–Crippen LogP) is 1.75. The Morgan fingerprint density at radius 1 is 1.44 bits per heavy atom. The number of amides is 1. The molecule has 0 bridgehead atoms. The highest BCUT2D eigenvalue weighted by atomic mass is 35.5. The molecule has 0 radical (unpaired) electrons. The van der Waals surface area contributed by atoms with Gasteiger partial charge in [-0.2, -0.15) is 0 Å². The van der Waals surface area contributed by atoms with Gasteiger partial charge >= 0.3 is 0 Å². The summed E-state index contributed by atoms with van der Waals surface area (Å²) in [5, 5.41) is 9.27. The Bertz CT molecular complexity index is 389. The number of aliphatic hydroxyl groups excluding tert-OH is 1. The van der Waals surface area contributed by atoms with Gasteiger partial charge in [0.1, 0.15) is 5.82 Å². The van der Waals surface area contributed by atoms with Gasteiger partial charge in [-0.25, -0.2) is 4.98 Å². The van der Waals surface area contributed by atoms with E-state index in [0.29, 0.717) is 23.7 Å². The number of rotatable bonds is 7. The van der Waals surface area contributed by atoms with Crippen molar-refractivity contribution in [2.45, 2.75) is 39.7 Å². The van der Waals surface area contributed by atoms with E-state index in [9.17, 15) is 4.79 Å². The van der Waals surface area contributed by atoms with Crippen LogP contribution in [0.2, 0.25) is 5.15 Å². The highest BCUT2D eigenvalue weighted by molar-refractivity contribution is 6.30. The van der Waals surface area contributed by atoms with Crippen LogP contribution in [-0.4, -0.2) is 39.0 Å². The first-order valence-electron chi connectivity index (χ1n) is 6.24. The number of aryl methyl sites for hydroxylation is 1. The molecule has 102 valence electrons. The largest absolute Gasteiger partial charge is 0.390 e. The molecule has 0 atom stereocenters. The van der Waals surface area contributed by atoms with Crippen LogP contribution in [0.15, 0.2) is 0 Å². The Morgan fingerprint density at radius 2 is 2.11 bits per heavy atom. The van der Waals surface area contributed by atoms with E-state index in [2.05, 4.69) is 9.97 Å². The average molecular weight is 274 g/mol. The molecule has 1 aromatic heterocycles. The molecule has 0 saturated heterocycles. The SMILES string of the molecule is CCN(CC)C(=O)CCCc1nc(Cl)c(CO)[nH]1. The third kappa shape index (κ3) is 3.99. The highest BCUT2D eigenvalue weighted by Crippen LogP contribution is 2.14. The molecule has 18 heavy (non-hydrogen) atoms. The third-order valence-electron chi connectivity index (χ3n) is 2.86. The Kier molecular flexibility index (Phi) is 6.15. The summed E-state index contributed by atoms with van der Waals surface area (Å²) >= 11 is 5.80. The van der Waals surface area contributed by atoms with Gasteiger partial charge in [-0.05, 0) is 20.3 Å². The summed E-state index contributed by atoms with van der Waals surface area (Å²) in [4.78, 5) is 20.6. The van der Waals surface area contributed by atoms with Crippen molar-refractivity contribution in [2.24, 2.45) is 0 Å². The summed E-state index contributed by atoms with van der Waals surface area (Å²) in [5.41, 5.74) is 0.529. The average Bonchev–Trinajstić information content (AvgIpc) is 2.71. The maximum absolute atomic E-state index is 11.8. The van der Waals surface area contributed by atoms with Crippen LogP contribution < -0.4 is 0 Å². The summed E-state index contributed by atoms with van der Waals surface area (Å²) in [6.45, 7) is 5.29. The lowest BCUT2D eigenvalue weighted by Gasteiger charge is -2.18. The summed E-state index contributed by atoms with van der Waals surface area (Å²) in [7, 11) is 0. The molecule has 0 fully saturated rings. The van der Waals surface area contributed by atoms with Crippen molar-refractivity contribution in [1.29, 1.82) is 0 Å². The van der Waals surface area contributed by atoms with Gasteiger partial charge in [-0.3, -0.25) is 4.79 Å². The Hall–Kier alpha value is -1.07. The number of carbonyl (C=O) groups is 1. The molecule has 0 saturated carbocycles. The van der Waals surface area contributed by atoms with E-state index >= 15 is 0 Å². The smallest absolute Gasteiger partial charge is 0.222 e. The van der Waals surface area contributed by atoms with E-state index < -0.39 is 0 Å². The van der Waals surface area contributed by atoms with Gasteiger partial charge < -0.3 is 15.0 Å². The van der Waals surface area contributed by atoms with Gasteiger partial charge in [0.25, 0.3) is 0 Å². The molecular formula is C12H20ClN3O2. The molecule has 0 aromatic carbocycles. The van der Waals surface area contributed by atoms with Crippen molar-refractivity contribution in [2.75, 3.05) is 13.1 Å². The van der Waals surface area contributed by atoms with E-state index in [1.165, 1.54) is 0 Å². The van der Waals surface area contributed by atoms with E-state index in [1.807, 2.05) is 18.7 Å². The van der Waals surface area contributed by atoms with Gasteiger partial charge in [0, 0.05) is 25.9 Å². The molecule has 1 rings (SSSR count). The summed E-state index contributed by atoms with van der Waals surface area (Å²) in [6.07, 6.45) is 1.89. The highest BCUT2D eigenvalue weighted by Gasteiger charge is 2.11. The number of hydrogen-bond donors (Lipinski definition) is 2. The number of halogens is 1. The Labute approximate surface area is 112 Å². The molecular weight excluding hydrogens is 254 g/mol. The molecule has 0 aliphatic heterocycles.